The van der Waals surface area contributed by atoms with E-state index in [1.165, 1.54) is 12.1 Å². The highest BCUT2D eigenvalue weighted by Crippen LogP contribution is 2.24. The van der Waals surface area contributed by atoms with Gasteiger partial charge in [0, 0.05) is 37.0 Å². The summed E-state index contributed by atoms with van der Waals surface area (Å²) >= 11 is 0. The third-order valence-corrected chi connectivity index (χ3v) is 6.28. The van der Waals surface area contributed by atoms with Crippen LogP contribution in [0.1, 0.15) is 56.2 Å². The van der Waals surface area contributed by atoms with Crippen LogP contribution in [0.4, 0.5) is 9.18 Å². The third-order valence-electron chi connectivity index (χ3n) is 6.28. The number of aromatic amines is 1. The molecule has 3 aromatic rings. The Morgan fingerprint density at radius 3 is 2.39 bits per heavy atom. The standard InChI is InChI=1S/C27H31FN4O4/c1-16-15-32(26(35)36-27(3,4)5)17(2)14-31(16)25(34)21-12-18(10-11-22(21)28)13-23-19-8-6-7-9-20(19)24(33)30-29-23/h6-12,16-17H,13-15H2,1-5H3,(H,30,33)/t16-,17+/m1/s1. The van der Waals surface area contributed by atoms with Crippen molar-refractivity contribution in [1.29, 1.82) is 0 Å². The van der Waals surface area contributed by atoms with Crippen molar-refractivity contribution in [2.75, 3.05) is 13.1 Å². The molecule has 2 amide bonds. The SMILES string of the molecule is C[C@@H]1CN(C(=O)OC(C)(C)C)[C@@H](C)CN1C(=O)c1cc(Cc2n[nH]c(=O)c3ccccc23)ccc1F. The van der Waals surface area contributed by atoms with E-state index < -0.39 is 23.4 Å². The van der Waals surface area contributed by atoms with Gasteiger partial charge in [0.15, 0.2) is 0 Å². The van der Waals surface area contributed by atoms with Crippen molar-refractivity contribution in [2.24, 2.45) is 0 Å². The second-order valence-electron chi connectivity index (χ2n) is 10.3. The van der Waals surface area contributed by atoms with Crippen molar-refractivity contribution >= 4 is 22.8 Å². The van der Waals surface area contributed by atoms with Crippen molar-refractivity contribution in [2.45, 2.75) is 58.7 Å². The summed E-state index contributed by atoms with van der Waals surface area (Å²) in [6.45, 7) is 9.64. The van der Waals surface area contributed by atoms with Crippen LogP contribution in [0.25, 0.3) is 10.8 Å². The second-order valence-corrected chi connectivity index (χ2v) is 10.3. The van der Waals surface area contributed by atoms with Crippen molar-refractivity contribution in [3.63, 3.8) is 0 Å². The molecule has 0 bridgehead atoms. The number of benzene rings is 2. The molecular formula is C27H31FN4O4. The van der Waals surface area contributed by atoms with Gasteiger partial charge in [0.1, 0.15) is 11.4 Å². The predicted octanol–water partition coefficient (Wildman–Crippen LogP) is 4.12. The summed E-state index contributed by atoms with van der Waals surface area (Å²) in [5.74, 6) is -1.05. The van der Waals surface area contributed by atoms with Gasteiger partial charge in [-0.25, -0.2) is 14.3 Å². The number of piperazine rings is 1. The second kappa shape index (κ2) is 9.72. The van der Waals surface area contributed by atoms with Gasteiger partial charge in [0.05, 0.1) is 16.6 Å². The Bertz CT molecular complexity index is 1360. The molecule has 0 unspecified atom stereocenters. The number of ether oxygens (including phenoxy) is 1. The zero-order valence-electron chi connectivity index (χ0n) is 21.2. The molecule has 1 aromatic heterocycles. The van der Waals surface area contributed by atoms with Crippen LogP contribution >= 0.6 is 0 Å². The fourth-order valence-corrected chi connectivity index (χ4v) is 4.49. The number of nitrogens with one attached hydrogen (secondary N) is 1. The number of carbonyl (C=O) groups is 2. The Kier molecular flexibility index (Phi) is 6.84. The van der Waals surface area contributed by atoms with Crippen LogP contribution in [0.5, 0.6) is 0 Å². The molecule has 2 aromatic carbocycles. The van der Waals surface area contributed by atoms with Crippen LogP contribution in [-0.2, 0) is 11.2 Å². The highest BCUT2D eigenvalue weighted by atomic mass is 19.1. The lowest BCUT2D eigenvalue weighted by molar-refractivity contribution is -0.00799. The number of fused-ring (bicyclic) bond motifs is 1. The first kappa shape index (κ1) is 25.3. The van der Waals surface area contributed by atoms with E-state index in [0.717, 1.165) is 0 Å². The van der Waals surface area contributed by atoms with Gasteiger partial charge in [-0.3, -0.25) is 9.59 Å². The van der Waals surface area contributed by atoms with Gasteiger partial charge in [-0.15, -0.1) is 0 Å². The molecule has 9 heteroatoms. The first-order valence-corrected chi connectivity index (χ1v) is 12.0. The van der Waals surface area contributed by atoms with E-state index in [1.807, 2.05) is 26.0 Å². The summed E-state index contributed by atoms with van der Waals surface area (Å²) in [5.41, 5.74) is 0.382. The van der Waals surface area contributed by atoms with E-state index in [2.05, 4.69) is 10.2 Å². The lowest BCUT2D eigenvalue weighted by Crippen LogP contribution is -2.60. The molecule has 0 aliphatic carbocycles. The van der Waals surface area contributed by atoms with Crippen LogP contribution in [0.2, 0.25) is 0 Å². The number of H-pyrrole nitrogens is 1. The number of nitrogens with zero attached hydrogens (tertiary/aromatic N) is 3. The van der Waals surface area contributed by atoms with E-state index in [9.17, 15) is 18.8 Å². The molecule has 2 heterocycles. The average Bonchev–Trinajstić information content (AvgIpc) is 2.82. The van der Waals surface area contributed by atoms with Crippen molar-refractivity contribution < 1.29 is 18.7 Å². The molecule has 1 fully saturated rings. The van der Waals surface area contributed by atoms with E-state index in [-0.39, 0.29) is 36.3 Å². The van der Waals surface area contributed by atoms with Gasteiger partial charge >= 0.3 is 6.09 Å². The maximum atomic E-state index is 14.8. The topological polar surface area (TPSA) is 95.6 Å². The maximum Gasteiger partial charge on any atom is 0.410 e. The van der Waals surface area contributed by atoms with Crippen LogP contribution in [0, 0.1) is 5.82 Å². The molecule has 2 atom stereocenters. The number of amides is 2. The Morgan fingerprint density at radius 1 is 1.06 bits per heavy atom. The summed E-state index contributed by atoms with van der Waals surface area (Å²) in [6.07, 6.45) is -0.112. The largest absolute Gasteiger partial charge is 0.444 e. The number of carbonyl (C=O) groups excluding carboxylic acids is 2. The van der Waals surface area contributed by atoms with E-state index in [4.69, 9.17) is 4.74 Å². The van der Waals surface area contributed by atoms with E-state index in [0.29, 0.717) is 28.5 Å². The van der Waals surface area contributed by atoms with Crippen LogP contribution in [-0.4, -0.2) is 62.8 Å². The van der Waals surface area contributed by atoms with Gasteiger partial charge in [0.25, 0.3) is 11.5 Å². The minimum atomic E-state index is -0.623. The monoisotopic (exact) mass is 494 g/mol. The quantitative estimate of drug-likeness (QED) is 0.591. The summed E-state index contributed by atoms with van der Waals surface area (Å²) in [4.78, 5) is 41.3. The molecule has 190 valence electrons. The number of rotatable bonds is 3. The highest BCUT2D eigenvalue weighted by Gasteiger charge is 2.37. The Morgan fingerprint density at radius 2 is 1.69 bits per heavy atom. The van der Waals surface area contributed by atoms with E-state index in [1.54, 1.807) is 48.8 Å². The first-order chi connectivity index (χ1) is 16.9. The van der Waals surface area contributed by atoms with Gasteiger partial charge in [0.2, 0.25) is 0 Å². The highest BCUT2D eigenvalue weighted by molar-refractivity contribution is 5.95. The van der Waals surface area contributed by atoms with Crippen molar-refractivity contribution in [3.05, 3.63) is 75.5 Å². The fourth-order valence-electron chi connectivity index (χ4n) is 4.49. The predicted molar refractivity (Wildman–Crippen MR) is 134 cm³/mol. The number of hydrogen-bond donors (Lipinski definition) is 1. The summed E-state index contributed by atoms with van der Waals surface area (Å²) < 4.78 is 20.3. The molecule has 1 aliphatic heterocycles. The van der Waals surface area contributed by atoms with Crippen LogP contribution < -0.4 is 5.56 Å². The third kappa shape index (κ3) is 5.24. The zero-order valence-corrected chi connectivity index (χ0v) is 21.2. The molecule has 36 heavy (non-hydrogen) atoms. The van der Waals surface area contributed by atoms with Gasteiger partial charge in [-0.2, -0.15) is 5.10 Å². The zero-order chi connectivity index (χ0) is 26.2. The minimum Gasteiger partial charge on any atom is -0.444 e. The maximum absolute atomic E-state index is 14.8. The minimum absolute atomic E-state index is 0.0361. The number of aromatic nitrogens is 2. The Balaban J connectivity index is 1.56. The van der Waals surface area contributed by atoms with Gasteiger partial charge in [-0.1, -0.05) is 24.3 Å². The molecule has 0 saturated carbocycles. The average molecular weight is 495 g/mol. The Hall–Kier alpha value is -3.75. The molecule has 1 aliphatic rings. The lowest BCUT2D eigenvalue weighted by Gasteiger charge is -2.44. The van der Waals surface area contributed by atoms with Crippen LogP contribution in [0.3, 0.4) is 0 Å². The number of halogens is 1. The first-order valence-electron chi connectivity index (χ1n) is 12.0. The Labute approximate surface area is 209 Å². The summed E-state index contributed by atoms with van der Waals surface area (Å²) in [6, 6.07) is 11.0. The molecular weight excluding hydrogens is 463 g/mol. The number of hydrogen-bond acceptors (Lipinski definition) is 5. The van der Waals surface area contributed by atoms with Crippen LogP contribution in [0.15, 0.2) is 47.3 Å². The molecule has 1 N–H and O–H groups in total. The molecule has 8 nitrogen and oxygen atoms in total. The van der Waals surface area contributed by atoms with Gasteiger partial charge < -0.3 is 14.5 Å². The smallest absolute Gasteiger partial charge is 0.410 e. The molecule has 1 saturated heterocycles. The summed E-state index contributed by atoms with van der Waals surface area (Å²) in [7, 11) is 0. The fraction of sp³-hybridized carbons (Fsp3) is 0.407. The molecule has 0 radical (unpaired) electrons. The van der Waals surface area contributed by atoms with Crippen molar-refractivity contribution in [3.8, 4) is 0 Å². The van der Waals surface area contributed by atoms with E-state index >= 15 is 0 Å². The molecule has 4 rings (SSSR count). The lowest BCUT2D eigenvalue weighted by atomic mass is 10.0. The normalized spacial score (nSPS) is 18.4. The van der Waals surface area contributed by atoms with Crippen molar-refractivity contribution in [1.82, 2.24) is 20.0 Å². The van der Waals surface area contributed by atoms with Gasteiger partial charge in [-0.05, 0) is 58.4 Å². The summed E-state index contributed by atoms with van der Waals surface area (Å²) in [5, 5.41) is 7.92. The molecule has 0 spiro atoms.